The first-order valence-electron chi connectivity index (χ1n) is 7.15. The van der Waals surface area contributed by atoms with Crippen molar-refractivity contribution >= 4 is 11.4 Å². The zero-order valence-corrected chi connectivity index (χ0v) is 12.9. The van der Waals surface area contributed by atoms with Gasteiger partial charge in [0.05, 0.1) is 18.8 Å². The number of anilines is 2. The van der Waals surface area contributed by atoms with E-state index in [1.54, 1.807) is 11.0 Å². The molecule has 0 unspecified atom stereocenters. The van der Waals surface area contributed by atoms with Crippen molar-refractivity contribution in [1.82, 2.24) is 0 Å². The Kier molecular flexibility index (Phi) is 5.49. The van der Waals surface area contributed by atoms with Crippen LogP contribution < -0.4 is 10.2 Å². The maximum absolute atomic E-state index is 13.2. The van der Waals surface area contributed by atoms with Crippen LogP contribution in [0, 0.1) is 34.0 Å². The van der Waals surface area contributed by atoms with Gasteiger partial charge in [0, 0.05) is 24.5 Å². The molecule has 0 atom stereocenters. The van der Waals surface area contributed by atoms with Gasteiger partial charge in [-0.15, -0.1) is 0 Å². The maximum atomic E-state index is 13.2. The molecule has 1 saturated heterocycles. The quantitative estimate of drug-likeness (QED) is 0.845. The van der Waals surface area contributed by atoms with E-state index in [0.717, 1.165) is 12.1 Å². The molecule has 0 spiro atoms. The fraction of sp³-hybridized carbons (Fsp3) is 0.312. The van der Waals surface area contributed by atoms with Crippen molar-refractivity contribution in [3.05, 3.63) is 35.0 Å². The molecule has 0 saturated carbocycles. The highest BCUT2D eigenvalue weighted by molar-refractivity contribution is 5.66. The van der Waals surface area contributed by atoms with E-state index in [9.17, 15) is 13.2 Å². The molecule has 6 nitrogen and oxygen atoms in total. The molecular weight excluding hydrogens is 335 g/mol. The monoisotopic (exact) mass is 347 g/mol. The number of halogens is 3. The third-order valence-electron chi connectivity index (χ3n) is 3.48. The highest BCUT2D eigenvalue weighted by Gasteiger charge is 2.32. The molecule has 128 valence electrons. The first-order valence-corrected chi connectivity index (χ1v) is 7.15. The lowest BCUT2D eigenvalue weighted by Crippen LogP contribution is -2.36. The van der Waals surface area contributed by atoms with Crippen LogP contribution in [0.15, 0.2) is 29.5 Å². The van der Waals surface area contributed by atoms with Gasteiger partial charge in [-0.3, -0.25) is 0 Å². The summed E-state index contributed by atoms with van der Waals surface area (Å²) < 4.78 is 44.7. The zero-order valence-electron chi connectivity index (χ0n) is 12.9. The standard InChI is InChI=1S/C16H12F3N5O/c17-16(18,19)12-5-13(23-15(10-22)11(8-20)9-21)7-14(6-12)24-1-3-25-4-2-24/h5-7,23H,1-4H2. The predicted molar refractivity (Wildman–Crippen MR) is 82.0 cm³/mol. The van der Waals surface area contributed by atoms with Gasteiger partial charge >= 0.3 is 6.18 Å². The molecule has 1 aromatic rings. The summed E-state index contributed by atoms with van der Waals surface area (Å²) >= 11 is 0. The first-order chi connectivity index (χ1) is 11.9. The average Bonchev–Trinajstić information content (AvgIpc) is 2.61. The van der Waals surface area contributed by atoms with Crippen molar-refractivity contribution in [2.24, 2.45) is 0 Å². The molecule has 9 heteroatoms. The number of hydrogen-bond acceptors (Lipinski definition) is 6. The second kappa shape index (κ2) is 7.57. The van der Waals surface area contributed by atoms with Gasteiger partial charge < -0.3 is 15.0 Å². The number of alkyl halides is 3. The van der Waals surface area contributed by atoms with Crippen LogP contribution in [0.2, 0.25) is 0 Å². The lowest BCUT2D eigenvalue weighted by atomic mass is 10.1. The first kappa shape index (κ1) is 18.1. The Bertz CT molecular complexity index is 789. The summed E-state index contributed by atoms with van der Waals surface area (Å²) in [4.78, 5) is 1.73. The molecule has 2 rings (SSSR count). The molecular formula is C16H12F3N5O. The molecule has 1 aliphatic rings. The Morgan fingerprint density at radius 3 is 2.20 bits per heavy atom. The van der Waals surface area contributed by atoms with E-state index >= 15 is 0 Å². The Labute approximate surface area is 141 Å². The van der Waals surface area contributed by atoms with Crippen LogP contribution in [0.3, 0.4) is 0 Å². The summed E-state index contributed by atoms with van der Waals surface area (Å²) in [6.07, 6.45) is -4.58. The normalized spacial score (nSPS) is 14.0. The highest BCUT2D eigenvalue weighted by Crippen LogP contribution is 2.35. The number of ether oxygens (including phenoxy) is 1. The fourth-order valence-electron chi connectivity index (χ4n) is 2.28. The molecule has 0 radical (unpaired) electrons. The Balaban J connectivity index is 2.47. The third-order valence-corrected chi connectivity index (χ3v) is 3.48. The number of nitrogens with one attached hydrogen (secondary N) is 1. The van der Waals surface area contributed by atoms with Crippen molar-refractivity contribution in [2.75, 3.05) is 36.5 Å². The van der Waals surface area contributed by atoms with Crippen LogP contribution in [0.25, 0.3) is 0 Å². The summed E-state index contributed by atoms with van der Waals surface area (Å²) in [5.74, 6) is 0. The lowest BCUT2D eigenvalue weighted by Gasteiger charge is -2.29. The van der Waals surface area contributed by atoms with Crippen LogP contribution in [-0.4, -0.2) is 26.3 Å². The number of morpholine rings is 1. The third kappa shape index (κ3) is 4.41. The van der Waals surface area contributed by atoms with Crippen LogP contribution in [-0.2, 0) is 10.9 Å². The van der Waals surface area contributed by atoms with Crippen molar-refractivity contribution in [1.29, 1.82) is 15.8 Å². The minimum atomic E-state index is -4.58. The number of rotatable bonds is 3. The predicted octanol–water partition coefficient (Wildman–Crippen LogP) is 2.78. The van der Waals surface area contributed by atoms with E-state index in [-0.39, 0.29) is 5.69 Å². The summed E-state index contributed by atoms with van der Waals surface area (Å²) in [6.45, 7) is 1.66. The number of allylic oxidation sites excluding steroid dienone is 2. The minimum absolute atomic E-state index is 0.0316. The van der Waals surface area contributed by atoms with Gasteiger partial charge in [-0.25, -0.2) is 0 Å². The van der Waals surface area contributed by atoms with Gasteiger partial charge in [-0.1, -0.05) is 0 Å². The zero-order chi connectivity index (χ0) is 18.4. The molecule has 1 aliphatic heterocycles. The van der Waals surface area contributed by atoms with E-state index in [2.05, 4.69) is 5.32 Å². The molecule has 1 N–H and O–H groups in total. The van der Waals surface area contributed by atoms with E-state index in [1.807, 2.05) is 0 Å². The van der Waals surface area contributed by atoms with Crippen LogP contribution in [0.5, 0.6) is 0 Å². The Morgan fingerprint density at radius 2 is 1.68 bits per heavy atom. The number of nitriles is 3. The second-order valence-electron chi connectivity index (χ2n) is 5.08. The van der Waals surface area contributed by atoms with Crippen molar-refractivity contribution in [2.45, 2.75) is 6.18 Å². The van der Waals surface area contributed by atoms with Gasteiger partial charge in [-0.05, 0) is 18.2 Å². The maximum Gasteiger partial charge on any atom is 0.416 e. The number of benzene rings is 1. The SMILES string of the molecule is N#CC(C#N)=C(C#N)Nc1cc(N2CCOCC2)cc(C(F)(F)F)c1. The van der Waals surface area contributed by atoms with Gasteiger partial charge in [0.2, 0.25) is 0 Å². The summed E-state index contributed by atoms with van der Waals surface area (Å²) in [5.41, 5.74) is -1.53. The smallest absolute Gasteiger partial charge is 0.378 e. The highest BCUT2D eigenvalue weighted by atomic mass is 19.4. The molecule has 0 amide bonds. The average molecular weight is 347 g/mol. The summed E-state index contributed by atoms with van der Waals surface area (Å²) in [6, 6.07) is 7.96. The van der Waals surface area contributed by atoms with Gasteiger partial charge in [0.15, 0.2) is 5.57 Å². The largest absolute Gasteiger partial charge is 0.416 e. The second-order valence-corrected chi connectivity index (χ2v) is 5.08. The number of hydrogen-bond donors (Lipinski definition) is 1. The molecule has 1 fully saturated rings. The molecule has 1 heterocycles. The lowest BCUT2D eigenvalue weighted by molar-refractivity contribution is -0.137. The number of nitrogens with zero attached hydrogens (tertiary/aromatic N) is 4. The fourth-order valence-corrected chi connectivity index (χ4v) is 2.28. The molecule has 0 aliphatic carbocycles. The van der Waals surface area contributed by atoms with Crippen LogP contribution >= 0.6 is 0 Å². The van der Waals surface area contributed by atoms with Gasteiger partial charge in [-0.2, -0.15) is 29.0 Å². The molecule has 25 heavy (non-hydrogen) atoms. The summed E-state index contributed by atoms with van der Waals surface area (Å²) in [5, 5.41) is 29.1. The van der Waals surface area contributed by atoms with Crippen molar-refractivity contribution in [3.8, 4) is 18.2 Å². The molecule has 0 aromatic heterocycles. The van der Waals surface area contributed by atoms with Gasteiger partial charge in [0.1, 0.15) is 23.9 Å². The van der Waals surface area contributed by atoms with E-state index < -0.39 is 23.0 Å². The molecule has 1 aromatic carbocycles. The van der Waals surface area contributed by atoms with Crippen molar-refractivity contribution < 1.29 is 17.9 Å². The van der Waals surface area contributed by atoms with E-state index in [4.69, 9.17) is 20.5 Å². The topological polar surface area (TPSA) is 95.9 Å². The Hall–Kier alpha value is -3.22. The van der Waals surface area contributed by atoms with Crippen molar-refractivity contribution in [3.63, 3.8) is 0 Å². The van der Waals surface area contributed by atoms with E-state index in [1.165, 1.54) is 18.2 Å². The van der Waals surface area contributed by atoms with Crippen LogP contribution in [0.4, 0.5) is 24.5 Å². The summed E-state index contributed by atoms with van der Waals surface area (Å²) in [7, 11) is 0. The van der Waals surface area contributed by atoms with Gasteiger partial charge in [0.25, 0.3) is 0 Å². The van der Waals surface area contributed by atoms with E-state index in [0.29, 0.717) is 32.0 Å². The minimum Gasteiger partial charge on any atom is -0.378 e. The molecule has 0 bridgehead atoms. The Morgan fingerprint density at radius 1 is 1.04 bits per heavy atom. The van der Waals surface area contributed by atoms with Crippen LogP contribution in [0.1, 0.15) is 5.56 Å².